The first-order chi connectivity index (χ1) is 12.3. The lowest BCUT2D eigenvalue weighted by Crippen LogP contribution is -2.40. The first kappa shape index (κ1) is 18.1. The Morgan fingerprint density at radius 3 is 2.27 bits per heavy atom. The number of methoxy groups -OCH3 is 1. The summed E-state index contributed by atoms with van der Waals surface area (Å²) >= 11 is 0. The van der Waals surface area contributed by atoms with E-state index >= 15 is 0 Å². The highest BCUT2D eigenvalue weighted by atomic mass is 16.5. The maximum Gasteiger partial charge on any atom is 0.308 e. The predicted molar refractivity (Wildman–Crippen MR) is 92.7 cm³/mol. The van der Waals surface area contributed by atoms with E-state index in [0.717, 1.165) is 0 Å². The van der Waals surface area contributed by atoms with Crippen LogP contribution in [-0.4, -0.2) is 59.7 Å². The number of hydrogen-bond donors (Lipinski definition) is 0. The highest BCUT2D eigenvalue weighted by Crippen LogP contribution is 2.27. The number of ether oxygens (including phenoxy) is 1. The average Bonchev–Trinajstić information content (AvgIpc) is 2.90. The number of esters is 1. The summed E-state index contributed by atoms with van der Waals surface area (Å²) in [6, 6.07) is 4.40. The third-order valence-electron chi connectivity index (χ3n) is 5.00. The largest absolute Gasteiger partial charge is 0.469 e. The predicted octanol–water partition coefficient (Wildman–Crippen LogP) is 1.72. The van der Waals surface area contributed by atoms with E-state index in [1.54, 1.807) is 30.9 Å². The van der Waals surface area contributed by atoms with Gasteiger partial charge in [0.05, 0.1) is 24.2 Å². The zero-order valence-corrected chi connectivity index (χ0v) is 15.2. The molecule has 26 heavy (non-hydrogen) atoms. The van der Waals surface area contributed by atoms with E-state index < -0.39 is 0 Å². The standard InChI is InChI=1S/C19H22N2O5/c1-11(2)21-17(23)14-5-4-13(10-15(14)18(21)24)16(22)20-8-6-12(7-9-20)19(25)26-3/h4-5,10-12H,6-9H2,1-3H3. The number of carbonyl (C=O) groups excluding carboxylic acids is 4. The number of benzene rings is 1. The molecule has 1 saturated heterocycles. The number of imide groups is 1. The molecule has 0 aromatic heterocycles. The van der Waals surface area contributed by atoms with Crippen LogP contribution in [0.25, 0.3) is 0 Å². The summed E-state index contributed by atoms with van der Waals surface area (Å²) in [5.74, 6) is -1.30. The van der Waals surface area contributed by atoms with Crippen LogP contribution in [0.1, 0.15) is 57.8 Å². The van der Waals surface area contributed by atoms with Gasteiger partial charge in [0, 0.05) is 24.7 Å². The molecule has 138 valence electrons. The smallest absolute Gasteiger partial charge is 0.308 e. The van der Waals surface area contributed by atoms with Gasteiger partial charge < -0.3 is 9.64 Å². The van der Waals surface area contributed by atoms with Crippen LogP contribution in [0.5, 0.6) is 0 Å². The topological polar surface area (TPSA) is 84.0 Å². The zero-order chi connectivity index (χ0) is 19.0. The monoisotopic (exact) mass is 358 g/mol. The van der Waals surface area contributed by atoms with E-state index in [-0.39, 0.29) is 41.2 Å². The van der Waals surface area contributed by atoms with Crippen molar-refractivity contribution < 1.29 is 23.9 Å². The van der Waals surface area contributed by atoms with Gasteiger partial charge in [-0.15, -0.1) is 0 Å². The molecule has 1 aromatic rings. The second kappa shape index (κ2) is 6.90. The number of hydrogen-bond acceptors (Lipinski definition) is 5. The second-order valence-corrected chi connectivity index (χ2v) is 6.92. The molecule has 0 atom stereocenters. The highest BCUT2D eigenvalue weighted by molar-refractivity contribution is 6.22. The van der Waals surface area contributed by atoms with Crippen molar-refractivity contribution in [1.29, 1.82) is 0 Å². The number of rotatable bonds is 3. The van der Waals surface area contributed by atoms with E-state index in [1.165, 1.54) is 18.1 Å². The van der Waals surface area contributed by atoms with Gasteiger partial charge in [-0.2, -0.15) is 0 Å². The van der Waals surface area contributed by atoms with Gasteiger partial charge in [0.15, 0.2) is 0 Å². The Kier molecular flexibility index (Phi) is 4.80. The molecule has 2 heterocycles. The maximum atomic E-state index is 12.7. The van der Waals surface area contributed by atoms with Gasteiger partial charge in [-0.1, -0.05) is 0 Å². The highest BCUT2D eigenvalue weighted by Gasteiger charge is 2.38. The van der Waals surface area contributed by atoms with E-state index in [2.05, 4.69) is 0 Å². The molecule has 0 spiro atoms. The van der Waals surface area contributed by atoms with E-state index in [1.807, 2.05) is 0 Å². The van der Waals surface area contributed by atoms with Crippen LogP contribution in [0.15, 0.2) is 18.2 Å². The van der Waals surface area contributed by atoms with Gasteiger partial charge in [0.1, 0.15) is 0 Å². The molecule has 0 aliphatic carbocycles. The Balaban J connectivity index is 1.76. The number of likely N-dealkylation sites (tertiary alicyclic amines) is 1. The van der Waals surface area contributed by atoms with Gasteiger partial charge in [0.2, 0.25) is 0 Å². The molecule has 0 bridgehead atoms. The van der Waals surface area contributed by atoms with Gasteiger partial charge in [0.25, 0.3) is 17.7 Å². The molecule has 2 aliphatic rings. The average molecular weight is 358 g/mol. The Morgan fingerprint density at radius 2 is 1.69 bits per heavy atom. The molecule has 7 nitrogen and oxygen atoms in total. The molecular weight excluding hydrogens is 336 g/mol. The Labute approximate surface area is 151 Å². The lowest BCUT2D eigenvalue weighted by molar-refractivity contribution is -0.146. The van der Waals surface area contributed by atoms with Crippen molar-refractivity contribution in [2.75, 3.05) is 20.2 Å². The second-order valence-electron chi connectivity index (χ2n) is 6.92. The molecule has 3 rings (SSSR count). The summed E-state index contributed by atoms with van der Waals surface area (Å²) in [4.78, 5) is 52.0. The van der Waals surface area contributed by atoms with Crippen molar-refractivity contribution >= 4 is 23.7 Å². The van der Waals surface area contributed by atoms with Crippen molar-refractivity contribution in [3.8, 4) is 0 Å². The maximum absolute atomic E-state index is 12.7. The minimum absolute atomic E-state index is 0.178. The third-order valence-corrected chi connectivity index (χ3v) is 5.00. The first-order valence-electron chi connectivity index (χ1n) is 8.74. The molecular formula is C19H22N2O5. The number of nitrogens with zero attached hydrogens (tertiary/aromatic N) is 2. The molecule has 2 aliphatic heterocycles. The lowest BCUT2D eigenvalue weighted by Gasteiger charge is -2.30. The summed E-state index contributed by atoms with van der Waals surface area (Å²) in [5, 5.41) is 0. The fraction of sp³-hybridized carbons (Fsp3) is 0.474. The number of fused-ring (bicyclic) bond motifs is 1. The molecule has 1 fully saturated rings. The van der Waals surface area contributed by atoms with Crippen LogP contribution >= 0.6 is 0 Å². The van der Waals surface area contributed by atoms with Crippen LogP contribution in [0.2, 0.25) is 0 Å². The fourth-order valence-corrected chi connectivity index (χ4v) is 3.53. The molecule has 0 saturated carbocycles. The van der Waals surface area contributed by atoms with Crippen LogP contribution in [0, 0.1) is 5.92 Å². The Hall–Kier alpha value is -2.70. The number of carbonyl (C=O) groups is 4. The molecule has 7 heteroatoms. The van der Waals surface area contributed by atoms with Gasteiger partial charge in [-0.25, -0.2) is 0 Å². The lowest BCUT2D eigenvalue weighted by atomic mass is 9.96. The summed E-state index contributed by atoms with van der Waals surface area (Å²) in [6.45, 7) is 4.47. The zero-order valence-electron chi connectivity index (χ0n) is 15.2. The van der Waals surface area contributed by atoms with Gasteiger partial charge >= 0.3 is 5.97 Å². The van der Waals surface area contributed by atoms with E-state index in [0.29, 0.717) is 37.1 Å². The van der Waals surface area contributed by atoms with E-state index in [9.17, 15) is 19.2 Å². The van der Waals surface area contributed by atoms with Crippen molar-refractivity contribution in [3.63, 3.8) is 0 Å². The van der Waals surface area contributed by atoms with Crippen molar-refractivity contribution in [2.45, 2.75) is 32.7 Å². The Bertz CT molecular complexity index is 778. The number of amides is 3. The van der Waals surface area contributed by atoms with Crippen LogP contribution in [0.4, 0.5) is 0 Å². The van der Waals surface area contributed by atoms with E-state index in [4.69, 9.17) is 4.74 Å². The summed E-state index contributed by atoms with van der Waals surface area (Å²) in [7, 11) is 1.36. The van der Waals surface area contributed by atoms with Crippen molar-refractivity contribution in [2.24, 2.45) is 5.92 Å². The molecule has 0 unspecified atom stereocenters. The third kappa shape index (κ3) is 2.98. The first-order valence-corrected chi connectivity index (χ1v) is 8.74. The summed E-state index contributed by atoms with van der Waals surface area (Å²) in [6.07, 6.45) is 1.11. The van der Waals surface area contributed by atoms with Crippen LogP contribution < -0.4 is 0 Å². The van der Waals surface area contributed by atoms with Gasteiger partial charge in [-0.3, -0.25) is 24.1 Å². The summed E-state index contributed by atoms with van der Waals surface area (Å²) < 4.78 is 4.76. The Morgan fingerprint density at radius 1 is 1.08 bits per heavy atom. The molecule has 0 radical (unpaired) electrons. The minimum Gasteiger partial charge on any atom is -0.469 e. The minimum atomic E-state index is -0.362. The molecule has 3 amide bonds. The van der Waals surface area contributed by atoms with Crippen LogP contribution in [0.3, 0.4) is 0 Å². The van der Waals surface area contributed by atoms with Crippen LogP contribution in [-0.2, 0) is 9.53 Å². The van der Waals surface area contributed by atoms with Crippen molar-refractivity contribution in [1.82, 2.24) is 9.80 Å². The molecule has 0 N–H and O–H groups in total. The molecule has 1 aromatic carbocycles. The normalized spacial score (nSPS) is 17.7. The quantitative estimate of drug-likeness (QED) is 0.607. The number of piperidine rings is 1. The van der Waals surface area contributed by atoms with Gasteiger partial charge in [-0.05, 0) is 44.9 Å². The summed E-state index contributed by atoms with van der Waals surface area (Å²) in [5.41, 5.74) is 0.996. The van der Waals surface area contributed by atoms with Crippen molar-refractivity contribution in [3.05, 3.63) is 34.9 Å². The SMILES string of the molecule is COC(=O)C1CCN(C(=O)c2ccc3c(c2)C(=O)N(C(C)C)C3=O)CC1. The fourth-order valence-electron chi connectivity index (χ4n) is 3.53.